The van der Waals surface area contributed by atoms with Gasteiger partial charge in [-0.15, -0.1) is 0 Å². The van der Waals surface area contributed by atoms with Crippen LogP contribution in [0, 0.1) is 0 Å². The Bertz CT molecular complexity index is 679. The van der Waals surface area contributed by atoms with Crippen LogP contribution in [0.5, 0.6) is 0 Å². The Morgan fingerprint density at radius 2 is 1.00 bits per heavy atom. The fourth-order valence-corrected chi connectivity index (χ4v) is 3.93. The predicted octanol–water partition coefficient (Wildman–Crippen LogP) is 2.00. The molecule has 0 aliphatic carbocycles. The average molecular weight is 433 g/mol. The number of carbonyl (C=O) groups is 5. The summed E-state index contributed by atoms with van der Waals surface area (Å²) in [6, 6.07) is -3.18. The van der Waals surface area contributed by atoms with E-state index in [1.165, 1.54) is 6.92 Å². The first-order valence-electron chi connectivity index (χ1n) is 9.73. The minimum Gasteiger partial charge on any atom is -0.351 e. The minimum absolute atomic E-state index is 0.202. The molecule has 3 amide bonds. The molecule has 0 spiro atoms. The number of halogens is 2. The van der Waals surface area contributed by atoms with E-state index in [1.54, 1.807) is 34.6 Å². The van der Waals surface area contributed by atoms with E-state index in [1.807, 2.05) is 0 Å². The Hall–Kier alpha value is -2.39. The summed E-state index contributed by atoms with van der Waals surface area (Å²) >= 11 is 0. The lowest BCUT2D eigenvalue weighted by Crippen LogP contribution is -2.59. The van der Waals surface area contributed by atoms with Crippen LogP contribution in [0.25, 0.3) is 0 Å². The Balaban J connectivity index is 5.45. The van der Waals surface area contributed by atoms with E-state index in [0.717, 1.165) is 0 Å². The van der Waals surface area contributed by atoms with Crippen molar-refractivity contribution in [3.8, 4) is 0 Å². The smallest absolute Gasteiger partial charge is 0.302 e. The lowest BCUT2D eigenvalue weighted by atomic mass is 9.77. The Morgan fingerprint density at radius 1 is 0.633 bits per heavy atom. The first kappa shape index (κ1) is 27.6. The number of hydrogen-bond acceptors (Lipinski definition) is 5. The molecule has 3 N–H and O–H groups in total. The van der Waals surface area contributed by atoms with Crippen LogP contribution < -0.4 is 16.0 Å². The molecule has 0 heterocycles. The van der Waals surface area contributed by atoms with E-state index >= 15 is 0 Å². The number of carbonyl (C=O) groups excluding carboxylic acids is 5. The van der Waals surface area contributed by atoms with Crippen molar-refractivity contribution in [2.75, 3.05) is 0 Å². The fourth-order valence-electron chi connectivity index (χ4n) is 3.93. The summed E-state index contributed by atoms with van der Waals surface area (Å²) in [7, 11) is 0. The SMILES string of the molecule is CC(=O)NC(C)(C)CC(C)(CC(C)(C)NC(=O)CCC(=O)F)NC(=O)CCC(=O)F. The maximum atomic E-state index is 12.5. The molecule has 0 aromatic carbocycles. The Morgan fingerprint density at radius 3 is 1.37 bits per heavy atom. The molecule has 0 fully saturated rings. The molecule has 0 saturated heterocycles. The minimum atomic E-state index is -1.60. The Labute approximate surface area is 175 Å². The van der Waals surface area contributed by atoms with E-state index < -0.39 is 53.3 Å². The van der Waals surface area contributed by atoms with Gasteiger partial charge in [0, 0.05) is 49.2 Å². The second kappa shape index (κ2) is 11.1. The normalized spacial score (nSPS) is 13.7. The van der Waals surface area contributed by atoms with Gasteiger partial charge in [-0.3, -0.25) is 24.0 Å². The van der Waals surface area contributed by atoms with E-state index in [9.17, 15) is 32.8 Å². The maximum Gasteiger partial charge on any atom is 0.302 e. The monoisotopic (exact) mass is 433 g/mol. The zero-order chi connectivity index (χ0) is 23.8. The number of nitrogens with one attached hydrogen (secondary N) is 3. The highest BCUT2D eigenvalue weighted by atomic mass is 19.1. The standard InChI is InChI=1S/C20H33F2N3O5/c1-13(26)23-18(2,3)11-20(6,25-17(30)10-8-15(22)28)12-19(4,5)24-16(29)9-7-14(21)27/h7-12H2,1-6H3,(H,23,26)(H,24,29)(H,25,30). The number of rotatable bonds is 13. The molecule has 0 aromatic rings. The Kier molecular flexibility index (Phi) is 10.2. The number of amides is 3. The summed E-state index contributed by atoms with van der Waals surface area (Å²) in [6.45, 7) is 10.0. The van der Waals surface area contributed by atoms with Crippen LogP contribution in [-0.2, 0) is 24.0 Å². The van der Waals surface area contributed by atoms with Crippen LogP contribution in [-0.4, -0.2) is 46.4 Å². The van der Waals surface area contributed by atoms with E-state index in [0.29, 0.717) is 0 Å². The molecular weight excluding hydrogens is 400 g/mol. The molecule has 0 rings (SSSR count). The molecular formula is C20H33F2N3O5. The predicted molar refractivity (Wildman–Crippen MR) is 107 cm³/mol. The summed E-state index contributed by atoms with van der Waals surface area (Å²) in [5, 5.41) is 8.28. The summed E-state index contributed by atoms with van der Waals surface area (Å²) < 4.78 is 24.9. The van der Waals surface area contributed by atoms with Gasteiger partial charge in [0.15, 0.2) is 0 Å². The van der Waals surface area contributed by atoms with Gasteiger partial charge in [-0.25, -0.2) is 0 Å². The van der Waals surface area contributed by atoms with Gasteiger partial charge in [-0.1, -0.05) is 0 Å². The van der Waals surface area contributed by atoms with Gasteiger partial charge in [0.1, 0.15) is 0 Å². The van der Waals surface area contributed by atoms with E-state index in [4.69, 9.17) is 0 Å². The van der Waals surface area contributed by atoms with Crippen molar-refractivity contribution in [3.05, 3.63) is 0 Å². The molecule has 0 saturated carbocycles. The van der Waals surface area contributed by atoms with Gasteiger partial charge in [-0.2, -0.15) is 8.78 Å². The van der Waals surface area contributed by atoms with Crippen LogP contribution in [0.4, 0.5) is 8.78 Å². The molecule has 8 nitrogen and oxygen atoms in total. The molecule has 172 valence electrons. The highest BCUT2D eigenvalue weighted by Gasteiger charge is 2.39. The van der Waals surface area contributed by atoms with Gasteiger partial charge >= 0.3 is 12.1 Å². The third-order valence-corrected chi connectivity index (χ3v) is 4.19. The molecule has 0 radical (unpaired) electrons. The highest BCUT2D eigenvalue weighted by Crippen LogP contribution is 2.29. The first-order chi connectivity index (χ1) is 13.5. The quantitative estimate of drug-likeness (QED) is 0.384. The maximum absolute atomic E-state index is 12.5. The fraction of sp³-hybridized carbons (Fsp3) is 0.750. The van der Waals surface area contributed by atoms with Crippen LogP contribution >= 0.6 is 0 Å². The van der Waals surface area contributed by atoms with Crippen molar-refractivity contribution >= 4 is 29.8 Å². The van der Waals surface area contributed by atoms with Gasteiger partial charge in [0.25, 0.3) is 0 Å². The van der Waals surface area contributed by atoms with Gasteiger partial charge < -0.3 is 16.0 Å². The summed E-state index contributed by atoms with van der Waals surface area (Å²) in [5.41, 5.74) is -2.57. The largest absolute Gasteiger partial charge is 0.351 e. The number of hydrogen-bond donors (Lipinski definition) is 3. The van der Waals surface area contributed by atoms with E-state index in [2.05, 4.69) is 16.0 Å². The zero-order valence-electron chi connectivity index (χ0n) is 18.5. The van der Waals surface area contributed by atoms with Crippen molar-refractivity contribution < 1.29 is 32.8 Å². The van der Waals surface area contributed by atoms with Crippen molar-refractivity contribution in [2.45, 2.75) is 96.7 Å². The second-order valence-corrected chi connectivity index (χ2v) is 9.17. The lowest BCUT2D eigenvalue weighted by Gasteiger charge is -2.43. The molecule has 1 unspecified atom stereocenters. The lowest BCUT2D eigenvalue weighted by molar-refractivity contribution is -0.133. The van der Waals surface area contributed by atoms with Crippen LogP contribution in [0.3, 0.4) is 0 Å². The molecule has 0 aliphatic rings. The topological polar surface area (TPSA) is 121 Å². The van der Waals surface area contributed by atoms with Gasteiger partial charge in [0.2, 0.25) is 17.7 Å². The molecule has 10 heteroatoms. The van der Waals surface area contributed by atoms with E-state index in [-0.39, 0.29) is 31.6 Å². The summed E-state index contributed by atoms with van der Waals surface area (Å²) in [6.07, 6.45) is -1.25. The van der Waals surface area contributed by atoms with Crippen molar-refractivity contribution in [1.29, 1.82) is 0 Å². The molecule has 0 aliphatic heterocycles. The third-order valence-electron chi connectivity index (χ3n) is 4.19. The molecule has 30 heavy (non-hydrogen) atoms. The molecule has 0 bridgehead atoms. The van der Waals surface area contributed by atoms with Crippen LogP contribution in [0.2, 0.25) is 0 Å². The molecule has 1 atom stereocenters. The van der Waals surface area contributed by atoms with Gasteiger partial charge in [-0.05, 0) is 47.5 Å². The van der Waals surface area contributed by atoms with Crippen molar-refractivity contribution in [3.63, 3.8) is 0 Å². The van der Waals surface area contributed by atoms with Crippen LogP contribution in [0.15, 0.2) is 0 Å². The average Bonchev–Trinajstić information content (AvgIpc) is 2.47. The summed E-state index contributed by atoms with van der Waals surface area (Å²) in [5.74, 6) is -1.34. The zero-order valence-corrected chi connectivity index (χ0v) is 18.5. The molecule has 0 aromatic heterocycles. The second-order valence-electron chi connectivity index (χ2n) is 9.17. The highest BCUT2D eigenvalue weighted by molar-refractivity contribution is 5.82. The van der Waals surface area contributed by atoms with Crippen molar-refractivity contribution in [2.24, 2.45) is 0 Å². The first-order valence-corrected chi connectivity index (χ1v) is 9.73. The van der Waals surface area contributed by atoms with Crippen LogP contribution in [0.1, 0.15) is 80.1 Å². The van der Waals surface area contributed by atoms with Crippen molar-refractivity contribution in [1.82, 2.24) is 16.0 Å². The third kappa shape index (κ3) is 12.9. The van der Waals surface area contributed by atoms with Gasteiger partial charge in [0.05, 0.1) is 0 Å². The summed E-state index contributed by atoms with van der Waals surface area (Å²) in [4.78, 5) is 56.8.